The lowest BCUT2D eigenvalue weighted by Crippen LogP contribution is -1.84. The Kier molecular flexibility index (Phi) is 3.87. The molecule has 0 spiro atoms. The molecule has 0 bridgehead atoms. The van der Waals surface area contributed by atoms with Gasteiger partial charge in [0.2, 0.25) is 0 Å². The Morgan fingerprint density at radius 2 is 1.87 bits per heavy atom. The largest absolute Gasteiger partial charge is 0.379 e. The number of nitriles is 1. The summed E-state index contributed by atoms with van der Waals surface area (Å²) in [6.07, 6.45) is 3.64. The maximum atomic E-state index is 10.1. The Morgan fingerprint density at radius 3 is 2.40 bits per heavy atom. The first-order valence-corrected chi connectivity index (χ1v) is 4.28. The number of benzene rings is 1. The summed E-state index contributed by atoms with van der Waals surface area (Å²) in [4.78, 5) is 10.1. The summed E-state index contributed by atoms with van der Waals surface area (Å²) >= 11 is 0. The predicted octanol–water partition coefficient (Wildman–Crippen LogP) is 2.11. The number of hydrogen-bond donors (Lipinski definition) is 0. The molecular weight excluding hydrogens is 190 g/mol. The second-order valence-electron chi connectivity index (χ2n) is 2.77. The Bertz CT molecular complexity index is 438. The molecule has 0 heterocycles. The molecule has 0 unspecified atom stereocenters. The number of carbonyl (C=O) groups excluding carboxylic acids is 1. The minimum atomic E-state index is -1.32. The third-order valence-electron chi connectivity index (χ3n) is 1.65. The van der Waals surface area contributed by atoms with Crippen molar-refractivity contribution in [3.63, 3.8) is 0 Å². The van der Waals surface area contributed by atoms with Crippen molar-refractivity contribution in [1.82, 2.24) is 0 Å². The molecule has 0 atom stereocenters. The van der Waals surface area contributed by atoms with Crippen LogP contribution in [0.1, 0.15) is 5.56 Å². The minimum absolute atomic E-state index is 0.269. The molecule has 0 amide bonds. The second-order valence-corrected chi connectivity index (χ2v) is 2.77. The first-order chi connectivity index (χ1) is 7.22. The molecule has 0 fully saturated rings. The SMILES string of the molecule is N#CC(C=CC([O])=O)=Cc1ccccc1. The number of allylic oxidation sites excluding steroid dienone is 2. The van der Waals surface area contributed by atoms with Crippen LogP contribution in [0.15, 0.2) is 48.1 Å². The van der Waals surface area contributed by atoms with E-state index in [1.54, 1.807) is 6.08 Å². The van der Waals surface area contributed by atoms with Crippen LogP contribution in [-0.2, 0) is 9.90 Å². The topological polar surface area (TPSA) is 60.8 Å². The molecule has 73 valence electrons. The summed E-state index contributed by atoms with van der Waals surface area (Å²) < 4.78 is 0. The van der Waals surface area contributed by atoms with Gasteiger partial charge in [0, 0.05) is 6.08 Å². The Balaban J connectivity index is 2.90. The second kappa shape index (κ2) is 5.40. The average Bonchev–Trinajstić information content (AvgIpc) is 2.25. The quantitative estimate of drug-likeness (QED) is 0.424. The summed E-state index contributed by atoms with van der Waals surface area (Å²) in [6.45, 7) is 0. The standard InChI is InChI=1S/C12H8NO2/c13-9-11(6-7-12(14)15)8-10-4-2-1-3-5-10/h1-8H. The molecule has 1 aromatic rings. The minimum Gasteiger partial charge on any atom is -0.242 e. The summed E-state index contributed by atoms with van der Waals surface area (Å²) in [7, 11) is 0. The molecule has 0 N–H and O–H groups in total. The third kappa shape index (κ3) is 3.92. The van der Waals surface area contributed by atoms with Gasteiger partial charge in [-0.05, 0) is 17.7 Å². The number of carbonyl (C=O) groups is 1. The van der Waals surface area contributed by atoms with Crippen molar-refractivity contribution in [3.05, 3.63) is 53.6 Å². The number of hydrogen-bond acceptors (Lipinski definition) is 2. The van der Waals surface area contributed by atoms with E-state index in [1.807, 2.05) is 36.4 Å². The van der Waals surface area contributed by atoms with Crippen LogP contribution in [0, 0.1) is 11.3 Å². The lowest BCUT2D eigenvalue weighted by molar-refractivity contribution is -0.137. The highest BCUT2D eigenvalue weighted by molar-refractivity contribution is 5.81. The maximum Gasteiger partial charge on any atom is 0.379 e. The summed E-state index contributed by atoms with van der Waals surface area (Å²) in [5.74, 6) is -1.32. The number of rotatable bonds is 3. The smallest absolute Gasteiger partial charge is 0.242 e. The molecule has 0 aliphatic rings. The zero-order valence-electron chi connectivity index (χ0n) is 7.88. The van der Waals surface area contributed by atoms with Crippen molar-refractivity contribution >= 4 is 12.0 Å². The zero-order valence-corrected chi connectivity index (χ0v) is 7.88. The van der Waals surface area contributed by atoms with E-state index in [-0.39, 0.29) is 5.57 Å². The van der Waals surface area contributed by atoms with Gasteiger partial charge in [-0.25, -0.2) is 9.90 Å². The highest BCUT2D eigenvalue weighted by Gasteiger charge is 1.94. The number of nitrogens with zero attached hydrogens (tertiary/aromatic N) is 1. The molecule has 0 aliphatic carbocycles. The van der Waals surface area contributed by atoms with Crippen LogP contribution in [0.5, 0.6) is 0 Å². The van der Waals surface area contributed by atoms with Gasteiger partial charge in [-0.2, -0.15) is 5.26 Å². The predicted molar refractivity (Wildman–Crippen MR) is 54.9 cm³/mol. The van der Waals surface area contributed by atoms with E-state index < -0.39 is 5.97 Å². The fraction of sp³-hybridized carbons (Fsp3) is 0. The van der Waals surface area contributed by atoms with Crippen molar-refractivity contribution in [2.75, 3.05) is 0 Å². The van der Waals surface area contributed by atoms with Gasteiger partial charge < -0.3 is 0 Å². The summed E-state index contributed by atoms with van der Waals surface area (Å²) in [6, 6.07) is 11.1. The van der Waals surface area contributed by atoms with E-state index in [1.165, 1.54) is 6.08 Å². The van der Waals surface area contributed by atoms with E-state index in [4.69, 9.17) is 5.26 Å². The van der Waals surface area contributed by atoms with Gasteiger partial charge in [0.05, 0.1) is 11.6 Å². The van der Waals surface area contributed by atoms with Gasteiger partial charge in [-0.15, -0.1) is 0 Å². The molecular formula is C12H8NO2. The summed E-state index contributed by atoms with van der Waals surface area (Å²) in [5.41, 5.74) is 1.11. The lowest BCUT2D eigenvalue weighted by Gasteiger charge is -1.91. The zero-order chi connectivity index (χ0) is 11.1. The van der Waals surface area contributed by atoms with Crippen molar-refractivity contribution < 1.29 is 9.90 Å². The molecule has 3 nitrogen and oxygen atoms in total. The third-order valence-corrected chi connectivity index (χ3v) is 1.65. The average molecular weight is 198 g/mol. The van der Waals surface area contributed by atoms with Crippen molar-refractivity contribution in [2.45, 2.75) is 0 Å². The highest BCUT2D eigenvalue weighted by Crippen LogP contribution is 2.06. The molecule has 1 aromatic carbocycles. The normalized spacial score (nSPS) is 11.3. The first-order valence-electron chi connectivity index (χ1n) is 4.28. The highest BCUT2D eigenvalue weighted by atomic mass is 16.4. The molecule has 15 heavy (non-hydrogen) atoms. The molecule has 0 aromatic heterocycles. The monoisotopic (exact) mass is 198 g/mol. The van der Waals surface area contributed by atoms with Gasteiger partial charge in [0.25, 0.3) is 0 Å². The van der Waals surface area contributed by atoms with Crippen LogP contribution in [-0.4, -0.2) is 5.97 Å². The van der Waals surface area contributed by atoms with E-state index >= 15 is 0 Å². The van der Waals surface area contributed by atoms with Gasteiger partial charge in [0.15, 0.2) is 0 Å². The molecule has 0 saturated heterocycles. The molecule has 3 heteroatoms. The van der Waals surface area contributed by atoms with Crippen LogP contribution in [0.3, 0.4) is 0 Å². The fourth-order valence-electron chi connectivity index (χ4n) is 1.00. The molecule has 1 radical (unpaired) electrons. The van der Waals surface area contributed by atoms with Crippen LogP contribution < -0.4 is 0 Å². The van der Waals surface area contributed by atoms with Crippen LogP contribution in [0.4, 0.5) is 0 Å². The van der Waals surface area contributed by atoms with Gasteiger partial charge in [0.1, 0.15) is 0 Å². The van der Waals surface area contributed by atoms with E-state index in [0.717, 1.165) is 11.6 Å². The molecule has 1 rings (SSSR count). The van der Waals surface area contributed by atoms with E-state index in [9.17, 15) is 9.90 Å². The van der Waals surface area contributed by atoms with Crippen molar-refractivity contribution in [3.8, 4) is 6.07 Å². The first kappa shape index (κ1) is 10.7. The van der Waals surface area contributed by atoms with E-state index in [2.05, 4.69) is 0 Å². The summed E-state index contributed by atoms with van der Waals surface area (Å²) in [5, 5.41) is 18.9. The Labute approximate surface area is 87.6 Å². The van der Waals surface area contributed by atoms with E-state index in [0.29, 0.717) is 0 Å². The fourth-order valence-corrected chi connectivity index (χ4v) is 1.00. The lowest BCUT2D eigenvalue weighted by atomic mass is 10.1. The molecule has 0 saturated carbocycles. The van der Waals surface area contributed by atoms with Gasteiger partial charge in [-0.1, -0.05) is 30.3 Å². The Hall–Kier alpha value is -2.34. The van der Waals surface area contributed by atoms with Crippen LogP contribution in [0.25, 0.3) is 6.08 Å². The van der Waals surface area contributed by atoms with Gasteiger partial charge in [-0.3, -0.25) is 0 Å². The van der Waals surface area contributed by atoms with Gasteiger partial charge >= 0.3 is 5.97 Å². The maximum absolute atomic E-state index is 10.1. The Morgan fingerprint density at radius 1 is 1.20 bits per heavy atom. The van der Waals surface area contributed by atoms with Crippen molar-refractivity contribution in [2.24, 2.45) is 0 Å². The van der Waals surface area contributed by atoms with Crippen LogP contribution in [0.2, 0.25) is 0 Å². The van der Waals surface area contributed by atoms with Crippen molar-refractivity contribution in [1.29, 1.82) is 5.26 Å². The molecule has 0 aliphatic heterocycles. The van der Waals surface area contributed by atoms with Crippen LogP contribution >= 0.6 is 0 Å².